The van der Waals surface area contributed by atoms with Crippen molar-refractivity contribution in [2.75, 3.05) is 32.5 Å². The molecule has 0 saturated carbocycles. The predicted molar refractivity (Wildman–Crippen MR) is 139 cm³/mol. The maximum absolute atomic E-state index is 14.7. The molecule has 3 N–H and O–H groups in total. The normalized spacial score (nSPS) is 13.8. The number of anilines is 1. The van der Waals surface area contributed by atoms with Gasteiger partial charge in [-0.2, -0.15) is 5.26 Å². The average molecular weight is 488 g/mol. The van der Waals surface area contributed by atoms with Crippen LogP contribution in [0, 0.1) is 17.1 Å². The minimum atomic E-state index is -0.621. The van der Waals surface area contributed by atoms with E-state index in [4.69, 9.17) is 5.73 Å². The van der Waals surface area contributed by atoms with Crippen molar-refractivity contribution in [2.24, 2.45) is 4.99 Å². The van der Waals surface area contributed by atoms with E-state index in [0.717, 1.165) is 36.1 Å². The van der Waals surface area contributed by atoms with Crippen molar-refractivity contribution in [1.29, 1.82) is 5.26 Å². The Morgan fingerprint density at radius 1 is 1.17 bits per heavy atom. The van der Waals surface area contributed by atoms with Crippen LogP contribution in [0.3, 0.4) is 0 Å². The first kappa shape index (κ1) is 25.1. The SMILES string of the molecule is CN=Cc1cc(-c2c(-c3ccc(C#N)c(F)c3)cc(C(=O)N3CCCCC3)n2CCCO)ccc1N. The van der Waals surface area contributed by atoms with Gasteiger partial charge in [0.1, 0.15) is 17.6 Å². The number of aliphatic imine (C=N–C) groups is 1. The number of carbonyl (C=O) groups excluding carboxylic acids is 1. The molecule has 1 fully saturated rings. The van der Waals surface area contributed by atoms with Gasteiger partial charge in [-0.3, -0.25) is 9.79 Å². The number of amides is 1. The van der Waals surface area contributed by atoms with Gasteiger partial charge in [0, 0.05) is 56.3 Å². The van der Waals surface area contributed by atoms with Crippen molar-refractivity contribution in [2.45, 2.75) is 32.2 Å². The standard InChI is InChI=1S/C28H30FN5O2/c1-32-18-22-14-20(8-9-25(22)31)27-23(19-6-7-21(17-30)24(29)15-19)16-26(34(27)12-5-13-35)28(36)33-10-3-2-4-11-33/h6-9,14-16,18,35H,2-5,10-13,31H2,1H3. The summed E-state index contributed by atoms with van der Waals surface area (Å²) in [7, 11) is 1.66. The lowest BCUT2D eigenvalue weighted by atomic mass is 9.98. The number of benzene rings is 2. The molecule has 3 aromatic rings. The van der Waals surface area contributed by atoms with Gasteiger partial charge in [-0.05, 0) is 67.1 Å². The number of aromatic nitrogens is 1. The molecule has 1 saturated heterocycles. The highest BCUT2D eigenvalue weighted by Crippen LogP contribution is 2.38. The zero-order valence-corrected chi connectivity index (χ0v) is 20.4. The number of piperidine rings is 1. The fourth-order valence-electron chi connectivity index (χ4n) is 4.72. The number of nitrogens with two attached hydrogens (primary N) is 1. The molecule has 1 amide bonds. The molecule has 0 aliphatic carbocycles. The lowest BCUT2D eigenvalue weighted by Gasteiger charge is -2.27. The lowest BCUT2D eigenvalue weighted by molar-refractivity contribution is 0.0713. The summed E-state index contributed by atoms with van der Waals surface area (Å²) in [4.78, 5) is 19.6. The summed E-state index contributed by atoms with van der Waals surface area (Å²) in [6.07, 6.45) is 5.13. The molecule has 2 aromatic carbocycles. The van der Waals surface area contributed by atoms with Crippen LogP contribution >= 0.6 is 0 Å². The highest BCUT2D eigenvalue weighted by Gasteiger charge is 2.27. The first-order valence-corrected chi connectivity index (χ1v) is 12.1. The van der Waals surface area contributed by atoms with Crippen molar-refractivity contribution in [3.05, 3.63) is 65.1 Å². The van der Waals surface area contributed by atoms with Gasteiger partial charge in [0.05, 0.1) is 11.3 Å². The highest BCUT2D eigenvalue weighted by molar-refractivity contribution is 5.99. The Labute approximate surface area is 210 Å². The number of hydrogen-bond donors (Lipinski definition) is 2. The van der Waals surface area contributed by atoms with Gasteiger partial charge in [0.25, 0.3) is 5.91 Å². The molecule has 8 heteroatoms. The van der Waals surface area contributed by atoms with Crippen LogP contribution in [0.25, 0.3) is 22.4 Å². The fourth-order valence-corrected chi connectivity index (χ4v) is 4.72. The molecule has 186 valence electrons. The predicted octanol–water partition coefficient (Wildman–Crippen LogP) is 4.47. The molecule has 4 rings (SSSR count). The van der Waals surface area contributed by atoms with Crippen LogP contribution in [0.1, 0.15) is 47.3 Å². The molecule has 7 nitrogen and oxygen atoms in total. The molecule has 1 aliphatic rings. The second kappa shape index (κ2) is 11.2. The van der Waals surface area contributed by atoms with E-state index >= 15 is 0 Å². The monoisotopic (exact) mass is 487 g/mol. The lowest BCUT2D eigenvalue weighted by Crippen LogP contribution is -2.36. The Bertz CT molecular complexity index is 1330. The summed E-state index contributed by atoms with van der Waals surface area (Å²) in [5.41, 5.74) is 10.6. The molecule has 0 atom stereocenters. The summed E-state index contributed by atoms with van der Waals surface area (Å²) in [5, 5.41) is 18.8. The minimum absolute atomic E-state index is 0.0364. The number of halogens is 1. The van der Waals surface area contributed by atoms with Crippen LogP contribution in [0.5, 0.6) is 0 Å². The third-order valence-corrected chi connectivity index (χ3v) is 6.53. The number of nitrogen functional groups attached to an aromatic ring is 1. The third-order valence-electron chi connectivity index (χ3n) is 6.53. The summed E-state index contributed by atoms with van der Waals surface area (Å²) in [6.45, 7) is 1.75. The molecule has 1 aliphatic heterocycles. The number of aliphatic hydroxyl groups excluding tert-OH is 1. The quantitative estimate of drug-likeness (QED) is 0.379. The third kappa shape index (κ3) is 5.02. The van der Waals surface area contributed by atoms with E-state index in [1.165, 1.54) is 12.1 Å². The number of aliphatic hydroxyl groups is 1. The summed E-state index contributed by atoms with van der Waals surface area (Å²) in [5.74, 6) is -0.705. The van der Waals surface area contributed by atoms with Gasteiger partial charge in [0.2, 0.25) is 0 Å². The van der Waals surface area contributed by atoms with E-state index in [2.05, 4.69) is 4.99 Å². The highest BCUT2D eigenvalue weighted by atomic mass is 19.1. The van der Waals surface area contributed by atoms with Crippen LogP contribution in [0.2, 0.25) is 0 Å². The van der Waals surface area contributed by atoms with Crippen LogP contribution in [-0.2, 0) is 6.54 Å². The van der Waals surface area contributed by atoms with Crippen LogP contribution in [0.15, 0.2) is 47.5 Å². The number of hydrogen-bond acceptors (Lipinski definition) is 5. The second-order valence-corrected chi connectivity index (χ2v) is 8.91. The molecular formula is C28H30FN5O2. The number of nitriles is 1. The van der Waals surface area contributed by atoms with Crippen molar-refractivity contribution < 1.29 is 14.3 Å². The average Bonchev–Trinajstić information content (AvgIpc) is 3.28. The van der Waals surface area contributed by atoms with Crippen molar-refractivity contribution in [1.82, 2.24) is 9.47 Å². The Morgan fingerprint density at radius 3 is 2.58 bits per heavy atom. The van der Waals surface area contributed by atoms with E-state index in [-0.39, 0.29) is 18.1 Å². The maximum Gasteiger partial charge on any atom is 0.270 e. The molecule has 0 unspecified atom stereocenters. The summed E-state index contributed by atoms with van der Waals surface area (Å²) in [6, 6.07) is 13.7. The largest absolute Gasteiger partial charge is 0.398 e. The van der Waals surface area contributed by atoms with Gasteiger partial charge in [-0.25, -0.2) is 4.39 Å². The van der Waals surface area contributed by atoms with Gasteiger partial charge >= 0.3 is 0 Å². The smallest absolute Gasteiger partial charge is 0.270 e. The number of likely N-dealkylation sites (tertiary alicyclic amines) is 1. The number of carbonyl (C=O) groups is 1. The van der Waals surface area contributed by atoms with Crippen LogP contribution in [0.4, 0.5) is 10.1 Å². The second-order valence-electron chi connectivity index (χ2n) is 8.91. The topological polar surface area (TPSA) is 108 Å². The van der Waals surface area contributed by atoms with Gasteiger partial charge in [0.15, 0.2) is 0 Å². The minimum Gasteiger partial charge on any atom is -0.398 e. The Morgan fingerprint density at radius 2 is 1.92 bits per heavy atom. The first-order valence-electron chi connectivity index (χ1n) is 12.1. The molecule has 0 spiro atoms. The Kier molecular flexibility index (Phi) is 7.81. The van der Waals surface area contributed by atoms with E-state index in [0.29, 0.717) is 48.6 Å². The first-order chi connectivity index (χ1) is 17.5. The summed E-state index contributed by atoms with van der Waals surface area (Å²) >= 11 is 0. The van der Waals surface area contributed by atoms with Crippen molar-refractivity contribution in [3.63, 3.8) is 0 Å². The van der Waals surface area contributed by atoms with Gasteiger partial charge < -0.3 is 20.3 Å². The van der Waals surface area contributed by atoms with E-state index in [1.807, 2.05) is 27.7 Å². The summed E-state index contributed by atoms with van der Waals surface area (Å²) < 4.78 is 16.6. The number of nitrogens with zero attached hydrogens (tertiary/aromatic N) is 4. The number of rotatable bonds is 7. The molecule has 0 radical (unpaired) electrons. The van der Waals surface area contributed by atoms with Crippen molar-refractivity contribution in [3.8, 4) is 28.5 Å². The van der Waals surface area contributed by atoms with E-state index in [1.54, 1.807) is 31.5 Å². The van der Waals surface area contributed by atoms with E-state index in [9.17, 15) is 19.6 Å². The van der Waals surface area contributed by atoms with Crippen molar-refractivity contribution >= 4 is 17.8 Å². The molecule has 1 aromatic heterocycles. The van der Waals surface area contributed by atoms with E-state index < -0.39 is 5.82 Å². The zero-order chi connectivity index (χ0) is 25.7. The fraction of sp³-hybridized carbons (Fsp3) is 0.321. The molecular weight excluding hydrogens is 457 g/mol. The molecule has 0 bridgehead atoms. The maximum atomic E-state index is 14.7. The van der Waals surface area contributed by atoms with Gasteiger partial charge in [-0.1, -0.05) is 12.1 Å². The van der Waals surface area contributed by atoms with Crippen LogP contribution in [-0.4, -0.2) is 53.4 Å². The Hall–Kier alpha value is -3.96. The zero-order valence-electron chi connectivity index (χ0n) is 20.4. The molecule has 2 heterocycles. The molecule has 36 heavy (non-hydrogen) atoms. The Balaban J connectivity index is 1.97. The van der Waals surface area contributed by atoms with Crippen LogP contribution < -0.4 is 5.73 Å². The van der Waals surface area contributed by atoms with Gasteiger partial charge in [-0.15, -0.1) is 0 Å².